The van der Waals surface area contributed by atoms with E-state index in [2.05, 4.69) is 34.1 Å². The highest BCUT2D eigenvalue weighted by molar-refractivity contribution is 6.17. The van der Waals surface area contributed by atoms with Gasteiger partial charge in [-0.2, -0.15) is 0 Å². The number of benzene rings is 1. The molecule has 3 heteroatoms. The molecular weight excluding hydrogens is 232 g/mol. The molecule has 86 valence electrons. The van der Waals surface area contributed by atoms with Crippen molar-refractivity contribution in [3.8, 4) is 0 Å². The molecule has 0 aliphatic carbocycles. The number of aromatic nitrogens is 1. The largest absolute Gasteiger partial charge is 0.326 e. The molecule has 0 N–H and O–H groups in total. The van der Waals surface area contributed by atoms with Crippen LogP contribution in [-0.4, -0.2) is 11.5 Å². The van der Waals surface area contributed by atoms with Crippen molar-refractivity contribution in [3.63, 3.8) is 0 Å². The molecule has 0 amide bonds. The summed E-state index contributed by atoms with van der Waals surface area (Å²) in [6.45, 7) is 1.01. The smallest absolute Gasteiger partial charge is 0.132 e. The van der Waals surface area contributed by atoms with E-state index in [1.807, 2.05) is 18.3 Å². The van der Waals surface area contributed by atoms with Gasteiger partial charge in [0.25, 0.3) is 0 Å². The molecule has 1 aliphatic heterocycles. The highest BCUT2D eigenvalue weighted by Crippen LogP contribution is 2.32. The molecule has 0 radical (unpaired) electrons. The van der Waals surface area contributed by atoms with Crippen LogP contribution in [-0.2, 0) is 12.3 Å². The van der Waals surface area contributed by atoms with E-state index in [4.69, 9.17) is 11.6 Å². The first-order chi connectivity index (χ1) is 8.38. The molecule has 0 spiro atoms. The first-order valence-corrected chi connectivity index (χ1v) is 6.28. The Kier molecular flexibility index (Phi) is 2.73. The molecule has 1 aromatic carbocycles. The fourth-order valence-corrected chi connectivity index (χ4v) is 2.39. The summed E-state index contributed by atoms with van der Waals surface area (Å²) in [6, 6.07) is 12.6. The Morgan fingerprint density at radius 3 is 2.82 bits per heavy atom. The van der Waals surface area contributed by atoms with Crippen molar-refractivity contribution in [1.82, 2.24) is 4.98 Å². The number of para-hydroxylation sites is 1. The summed E-state index contributed by atoms with van der Waals surface area (Å²) in [5, 5.41) is 0. The van der Waals surface area contributed by atoms with Gasteiger partial charge in [0.1, 0.15) is 5.82 Å². The summed E-state index contributed by atoms with van der Waals surface area (Å²) in [6.07, 6.45) is 2.94. The highest BCUT2D eigenvalue weighted by atomic mass is 35.5. The molecule has 1 aliphatic rings. The van der Waals surface area contributed by atoms with E-state index in [1.54, 1.807) is 0 Å². The van der Waals surface area contributed by atoms with Crippen molar-refractivity contribution in [2.45, 2.75) is 12.3 Å². The topological polar surface area (TPSA) is 16.1 Å². The van der Waals surface area contributed by atoms with Gasteiger partial charge in [0, 0.05) is 24.3 Å². The quantitative estimate of drug-likeness (QED) is 0.752. The zero-order chi connectivity index (χ0) is 11.7. The Hall–Kier alpha value is -1.54. The fourth-order valence-electron chi connectivity index (χ4n) is 2.23. The van der Waals surface area contributed by atoms with Crippen LogP contribution in [0.1, 0.15) is 11.1 Å². The normalized spacial score (nSPS) is 13.8. The first kappa shape index (κ1) is 10.6. The standard InChI is InChI=1S/C14H13ClN2/c15-9-11-5-6-14(16-10-11)17-8-7-12-3-1-2-4-13(12)17/h1-6,10H,7-9H2. The van der Waals surface area contributed by atoms with Crippen molar-refractivity contribution < 1.29 is 0 Å². The highest BCUT2D eigenvalue weighted by Gasteiger charge is 2.20. The summed E-state index contributed by atoms with van der Waals surface area (Å²) in [5.41, 5.74) is 3.73. The third kappa shape index (κ3) is 1.89. The van der Waals surface area contributed by atoms with Crippen LogP contribution < -0.4 is 4.90 Å². The summed E-state index contributed by atoms with van der Waals surface area (Å²) >= 11 is 5.77. The fraction of sp³-hybridized carbons (Fsp3) is 0.214. The molecule has 0 fully saturated rings. The summed E-state index contributed by atoms with van der Waals surface area (Å²) in [7, 11) is 0. The Balaban J connectivity index is 1.95. The van der Waals surface area contributed by atoms with E-state index in [9.17, 15) is 0 Å². The number of alkyl halides is 1. The molecule has 17 heavy (non-hydrogen) atoms. The lowest BCUT2D eigenvalue weighted by atomic mass is 10.2. The third-order valence-electron chi connectivity index (χ3n) is 3.13. The Morgan fingerprint density at radius 1 is 1.18 bits per heavy atom. The van der Waals surface area contributed by atoms with Crippen LogP contribution >= 0.6 is 11.6 Å². The first-order valence-electron chi connectivity index (χ1n) is 5.75. The minimum absolute atomic E-state index is 0.518. The maximum atomic E-state index is 5.77. The molecule has 0 saturated heterocycles. The van der Waals surface area contributed by atoms with Gasteiger partial charge in [-0.3, -0.25) is 0 Å². The SMILES string of the molecule is ClCc1ccc(N2CCc3ccccc32)nc1. The van der Waals surface area contributed by atoms with Gasteiger partial charge in [0.2, 0.25) is 0 Å². The number of fused-ring (bicyclic) bond motifs is 1. The van der Waals surface area contributed by atoms with E-state index in [1.165, 1.54) is 11.3 Å². The van der Waals surface area contributed by atoms with Crippen LogP contribution in [0.15, 0.2) is 42.6 Å². The Morgan fingerprint density at radius 2 is 2.06 bits per heavy atom. The number of rotatable bonds is 2. The van der Waals surface area contributed by atoms with E-state index in [-0.39, 0.29) is 0 Å². The zero-order valence-electron chi connectivity index (χ0n) is 9.44. The van der Waals surface area contributed by atoms with E-state index in [0.717, 1.165) is 24.3 Å². The average molecular weight is 245 g/mol. The second kappa shape index (κ2) is 4.38. The predicted molar refractivity (Wildman–Crippen MR) is 70.9 cm³/mol. The molecule has 0 unspecified atom stereocenters. The minimum atomic E-state index is 0.518. The number of hydrogen-bond acceptors (Lipinski definition) is 2. The van der Waals surface area contributed by atoms with Gasteiger partial charge >= 0.3 is 0 Å². The monoisotopic (exact) mass is 244 g/mol. The Bertz CT molecular complexity index is 522. The summed E-state index contributed by atoms with van der Waals surface area (Å²) < 4.78 is 0. The van der Waals surface area contributed by atoms with Crippen molar-refractivity contribution in [3.05, 3.63) is 53.7 Å². The molecule has 2 aromatic rings. The maximum absolute atomic E-state index is 5.77. The molecule has 0 atom stereocenters. The summed E-state index contributed by atoms with van der Waals surface area (Å²) in [4.78, 5) is 6.73. The van der Waals surface area contributed by atoms with Crippen LogP contribution in [0.3, 0.4) is 0 Å². The number of halogens is 1. The summed E-state index contributed by atoms with van der Waals surface area (Å²) in [5.74, 6) is 1.52. The van der Waals surface area contributed by atoms with Gasteiger partial charge in [-0.1, -0.05) is 24.3 Å². The van der Waals surface area contributed by atoms with Crippen molar-refractivity contribution >= 4 is 23.1 Å². The van der Waals surface area contributed by atoms with Crippen LogP contribution in [0, 0.1) is 0 Å². The van der Waals surface area contributed by atoms with Crippen LogP contribution in [0.25, 0.3) is 0 Å². The molecule has 0 saturated carbocycles. The average Bonchev–Trinajstić information content (AvgIpc) is 2.83. The van der Waals surface area contributed by atoms with Gasteiger partial charge in [-0.05, 0) is 29.7 Å². The van der Waals surface area contributed by atoms with E-state index in [0.29, 0.717) is 5.88 Å². The van der Waals surface area contributed by atoms with Gasteiger partial charge in [0.05, 0.1) is 0 Å². The van der Waals surface area contributed by atoms with Crippen molar-refractivity contribution in [1.29, 1.82) is 0 Å². The van der Waals surface area contributed by atoms with Crippen LogP contribution in [0.5, 0.6) is 0 Å². The number of hydrogen-bond donors (Lipinski definition) is 0. The molecule has 3 rings (SSSR count). The molecule has 0 bridgehead atoms. The third-order valence-corrected chi connectivity index (χ3v) is 3.44. The maximum Gasteiger partial charge on any atom is 0.132 e. The molecule has 2 nitrogen and oxygen atoms in total. The predicted octanol–water partition coefficient (Wildman–Crippen LogP) is 3.51. The zero-order valence-corrected chi connectivity index (χ0v) is 10.2. The van der Waals surface area contributed by atoms with Crippen molar-refractivity contribution in [2.24, 2.45) is 0 Å². The van der Waals surface area contributed by atoms with Crippen LogP contribution in [0.2, 0.25) is 0 Å². The molecular formula is C14H13ClN2. The van der Waals surface area contributed by atoms with Gasteiger partial charge in [-0.25, -0.2) is 4.98 Å². The Labute approximate surface area is 106 Å². The minimum Gasteiger partial charge on any atom is -0.326 e. The van der Waals surface area contributed by atoms with Crippen molar-refractivity contribution in [2.75, 3.05) is 11.4 Å². The number of pyridine rings is 1. The van der Waals surface area contributed by atoms with Gasteiger partial charge < -0.3 is 4.90 Å². The lowest BCUT2D eigenvalue weighted by Gasteiger charge is -2.18. The lowest BCUT2D eigenvalue weighted by molar-refractivity contribution is 0.972. The second-order valence-electron chi connectivity index (χ2n) is 4.19. The van der Waals surface area contributed by atoms with Gasteiger partial charge in [-0.15, -0.1) is 11.6 Å². The van der Waals surface area contributed by atoms with E-state index >= 15 is 0 Å². The second-order valence-corrected chi connectivity index (χ2v) is 4.46. The molecule has 1 aromatic heterocycles. The number of nitrogens with zero attached hydrogens (tertiary/aromatic N) is 2. The lowest BCUT2D eigenvalue weighted by Crippen LogP contribution is -2.14. The number of anilines is 2. The van der Waals surface area contributed by atoms with Gasteiger partial charge in [0.15, 0.2) is 0 Å². The molecule has 2 heterocycles. The van der Waals surface area contributed by atoms with Crippen LogP contribution in [0.4, 0.5) is 11.5 Å². The van der Waals surface area contributed by atoms with E-state index < -0.39 is 0 Å².